The molecule has 14 nitrogen and oxygen atoms in total. The monoisotopic (exact) mass is 914 g/mol. The van der Waals surface area contributed by atoms with E-state index in [1.165, 1.54) is 12.0 Å². The Balaban J connectivity index is 1.70. The Morgan fingerprint density at radius 3 is 2.25 bits per heavy atom. The minimum atomic E-state index is -2.43. The normalized spacial score (nSPS) is 39.1. The number of hydrogen-bond acceptors (Lipinski definition) is 13. The molecule has 1 saturated carbocycles. The summed E-state index contributed by atoms with van der Waals surface area (Å²) in [6.45, 7) is 12.7. The van der Waals surface area contributed by atoms with Crippen molar-refractivity contribution >= 4 is 29.2 Å². The number of methoxy groups -OCH3 is 3. The number of nitrogens with zero attached hydrogens (tertiary/aromatic N) is 1. The second-order valence-corrected chi connectivity index (χ2v) is 19.6. The number of piperidine rings is 1. The molecule has 1 amide bonds. The van der Waals surface area contributed by atoms with Gasteiger partial charge in [-0.05, 0) is 107 Å². The van der Waals surface area contributed by atoms with Crippen molar-refractivity contribution in [1.82, 2.24) is 4.90 Å². The molecule has 1 aliphatic carbocycles. The second kappa shape index (κ2) is 25.1. The van der Waals surface area contributed by atoms with Crippen LogP contribution in [0.3, 0.4) is 0 Å². The quantitative estimate of drug-likeness (QED) is 0.156. The van der Waals surface area contributed by atoms with Gasteiger partial charge in [0.05, 0.1) is 24.4 Å². The predicted octanol–water partition coefficient (Wildman–Crippen LogP) is 6.18. The molecule has 0 radical (unpaired) electrons. The van der Waals surface area contributed by atoms with Crippen molar-refractivity contribution in [1.29, 1.82) is 0 Å². The molecule has 15 atom stereocenters. The molecule has 4 aliphatic rings. The van der Waals surface area contributed by atoms with Gasteiger partial charge < -0.3 is 43.9 Å². The molecule has 65 heavy (non-hydrogen) atoms. The lowest BCUT2D eigenvalue weighted by atomic mass is 9.78. The van der Waals surface area contributed by atoms with E-state index in [2.05, 4.69) is 0 Å². The average molecular weight is 914 g/mol. The van der Waals surface area contributed by atoms with Crippen LogP contribution < -0.4 is 0 Å². The minimum absolute atomic E-state index is 0.0193. The molecular formula is C51H79NO13. The zero-order chi connectivity index (χ0) is 48.2. The van der Waals surface area contributed by atoms with Gasteiger partial charge in [-0.15, -0.1) is 0 Å². The van der Waals surface area contributed by atoms with Crippen molar-refractivity contribution in [2.75, 3.05) is 27.9 Å². The Morgan fingerprint density at radius 2 is 1.57 bits per heavy atom. The van der Waals surface area contributed by atoms with Gasteiger partial charge >= 0.3 is 5.97 Å². The molecule has 3 heterocycles. The SMILES string of the molecule is CO[C@H]1C[C@@H]2CC[C@@H](C)[C@@](O)(O2)C(=O)C(=O)N2CCCC[C@H]2C(=O)OC([C@H](C)C[C@@H]2CC[C@@H](O)[C@H](OC)C2)CC(=O)[C@H](C)/C=C(\C)[C@@H](O)[C@@H](OC)C(=O)[C@H](C)C[C@H](C)/C=C/C=CC=C1C. The fourth-order valence-electron chi connectivity index (χ4n) is 10.1. The second-order valence-electron chi connectivity index (χ2n) is 19.6. The molecule has 3 fully saturated rings. The Bertz CT molecular complexity index is 1760. The van der Waals surface area contributed by atoms with E-state index < -0.39 is 83.9 Å². The smallest absolute Gasteiger partial charge is 0.329 e. The Morgan fingerprint density at radius 1 is 0.846 bits per heavy atom. The van der Waals surface area contributed by atoms with Crippen molar-refractivity contribution in [2.45, 2.75) is 180 Å². The first-order valence-corrected chi connectivity index (χ1v) is 23.9. The van der Waals surface area contributed by atoms with Crippen LogP contribution in [0.15, 0.2) is 47.6 Å². The van der Waals surface area contributed by atoms with Crippen molar-refractivity contribution < 1.29 is 63.0 Å². The summed E-state index contributed by atoms with van der Waals surface area (Å²) in [5.74, 6) is -7.96. The minimum Gasteiger partial charge on any atom is -0.460 e. The number of carbonyl (C=O) groups is 5. The van der Waals surface area contributed by atoms with Gasteiger partial charge in [-0.3, -0.25) is 19.2 Å². The van der Waals surface area contributed by atoms with E-state index in [-0.39, 0.29) is 54.8 Å². The standard InChI is InChI=1S/C51H79NO13/c1-30-16-12-11-13-17-31(2)42(61-8)28-38-21-19-36(7)51(60,65-38)48(57)49(58)52-23-15-14-18-39(52)50(59)64-43(33(4)26-37-20-22-40(53)44(27-37)62-9)29-41(54)32(3)25-35(6)46(56)47(63-10)45(55)34(5)24-30/h11-13,16-17,25,30,32-34,36-40,42-44,46-47,53,56,60H,14-15,18-24,26-29H2,1-10H3/b13-11?,16-12+,31-17?,35-25+/t30-,32-,33-,34-,36-,37+,38+,39+,40-,42+,43?,44-,46-,47+,51-/m1/s1. The molecular weight excluding hydrogens is 835 g/mol. The van der Waals surface area contributed by atoms with E-state index in [9.17, 15) is 39.3 Å². The average Bonchev–Trinajstić information content (AvgIpc) is 3.28. The molecule has 0 aromatic rings. The van der Waals surface area contributed by atoms with Crippen LogP contribution in [0, 0.1) is 35.5 Å². The highest BCUT2D eigenvalue weighted by atomic mass is 16.6. The molecule has 14 heteroatoms. The number of Topliss-reactive ketones (excluding diaryl/α,β-unsaturated/α-hetero) is 3. The van der Waals surface area contributed by atoms with Gasteiger partial charge in [-0.2, -0.15) is 0 Å². The maximum Gasteiger partial charge on any atom is 0.329 e. The highest BCUT2D eigenvalue weighted by molar-refractivity contribution is 6.39. The van der Waals surface area contributed by atoms with E-state index in [1.54, 1.807) is 41.1 Å². The van der Waals surface area contributed by atoms with Gasteiger partial charge in [0.2, 0.25) is 5.79 Å². The summed E-state index contributed by atoms with van der Waals surface area (Å²) in [4.78, 5) is 71.8. The number of ether oxygens (including phenoxy) is 5. The lowest BCUT2D eigenvalue weighted by Gasteiger charge is -2.42. The van der Waals surface area contributed by atoms with E-state index in [1.807, 2.05) is 58.1 Å². The fourth-order valence-corrected chi connectivity index (χ4v) is 10.1. The summed E-state index contributed by atoms with van der Waals surface area (Å²) in [5, 5.41) is 33.8. The summed E-state index contributed by atoms with van der Waals surface area (Å²) in [6.07, 6.45) is 11.2. The van der Waals surface area contributed by atoms with Crippen LogP contribution in [-0.2, 0) is 47.7 Å². The number of carbonyl (C=O) groups excluding carboxylic acids is 5. The molecule has 366 valence electrons. The molecule has 0 aromatic heterocycles. The van der Waals surface area contributed by atoms with Gasteiger partial charge in [-0.25, -0.2) is 4.79 Å². The van der Waals surface area contributed by atoms with E-state index in [4.69, 9.17) is 23.7 Å². The molecule has 0 spiro atoms. The molecule has 4 rings (SSSR count). The van der Waals surface area contributed by atoms with Crippen molar-refractivity contribution in [3.63, 3.8) is 0 Å². The first-order chi connectivity index (χ1) is 30.7. The first-order valence-electron chi connectivity index (χ1n) is 23.9. The predicted molar refractivity (Wildman–Crippen MR) is 245 cm³/mol. The third-order valence-electron chi connectivity index (χ3n) is 14.5. The Kier molecular flexibility index (Phi) is 21.0. The Hall–Kier alpha value is -3.37. The van der Waals surface area contributed by atoms with Gasteiger partial charge in [0, 0.05) is 58.5 Å². The number of allylic oxidation sites excluding steroid dienone is 6. The largest absolute Gasteiger partial charge is 0.460 e. The van der Waals surface area contributed by atoms with Crippen LogP contribution in [-0.4, -0.2) is 132 Å². The summed E-state index contributed by atoms with van der Waals surface area (Å²) in [7, 11) is 4.52. The van der Waals surface area contributed by atoms with Crippen LogP contribution in [0.2, 0.25) is 0 Å². The van der Waals surface area contributed by atoms with Gasteiger partial charge in [0.1, 0.15) is 30.1 Å². The maximum atomic E-state index is 14.4. The van der Waals surface area contributed by atoms with Crippen LogP contribution >= 0.6 is 0 Å². The molecule has 2 bridgehead atoms. The first kappa shape index (κ1) is 54.2. The Labute approximate surface area is 387 Å². The highest BCUT2D eigenvalue weighted by Gasteiger charge is 2.53. The topological polar surface area (TPSA) is 195 Å². The number of rotatable bonds is 6. The summed E-state index contributed by atoms with van der Waals surface area (Å²) >= 11 is 0. The number of hydrogen-bond donors (Lipinski definition) is 3. The molecule has 1 unspecified atom stereocenters. The lowest BCUT2D eigenvalue weighted by molar-refractivity contribution is -0.265. The van der Waals surface area contributed by atoms with Crippen LogP contribution in [0.1, 0.15) is 126 Å². The number of ketones is 3. The van der Waals surface area contributed by atoms with Gasteiger partial charge in [0.15, 0.2) is 5.78 Å². The summed E-state index contributed by atoms with van der Waals surface area (Å²) in [5.41, 5.74) is 1.27. The maximum absolute atomic E-state index is 14.4. The number of fused-ring (bicyclic) bond motifs is 3. The third kappa shape index (κ3) is 14.3. The zero-order valence-electron chi connectivity index (χ0n) is 40.6. The number of aliphatic hydroxyl groups is 3. The molecule has 3 aliphatic heterocycles. The zero-order valence-corrected chi connectivity index (χ0v) is 40.6. The van der Waals surface area contributed by atoms with Crippen molar-refractivity contribution in [3.8, 4) is 0 Å². The summed E-state index contributed by atoms with van der Waals surface area (Å²) in [6, 6.07) is -1.14. The highest BCUT2D eigenvalue weighted by Crippen LogP contribution is 2.38. The molecule has 3 N–H and O–H groups in total. The van der Waals surface area contributed by atoms with E-state index >= 15 is 0 Å². The van der Waals surface area contributed by atoms with Crippen molar-refractivity contribution in [2.24, 2.45) is 35.5 Å². The third-order valence-corrected chi connectivity index (χ3v) is 14.5. The van der Waals surface area contributed by atoms with Crippen LogP contribution in [0.5, 0.6) is 0 Å². The van der Waals surface area contributed by atoms with Gasteiger partial charge in [0.25, 0.3) is 11.7 Å². The van der Waals surface area contributed by atoms with Crippen LogP contribution in [0.25, 0.3) is 0 Å². The fraction of sp³-hybridized carbons (Fsp3) is 0.745. The number of cyclic esters (lactones) is 1. The summed E-state index contributed by atoms with van der Waals surface area (Å²) < 4.78 is 29.4. The van der Waals surface area contributed by atoms with Gasteiger partial charge in [-0.1, -0.05) is 71.1 Å². The number of esters is 1. The van der Waals surface area contributed by atoms with E-state index in [0.717, 1.165) is 12.0 Å². The van der Waals surface area contributed by atoms with E-state index in [0.29, 0.717) is 63.4 Å². The number of aliphatic hydroxyl groups excluding tert-OH is 2. The van der Waals surface area contributed by atoms with Crippen molar-refractivity contribution in [3.05, 3.63) is 47.6 Å². The van der Waals surface area contributed by atoms with Crippen LogP contribution in [0.4, 0.5) is 0 Å². The molecule has 2 saturated heterocycles. The lowest BCUT2D eigenvalue weighted by Crippen LogP contribution is -2.61. The molecule has 0 aromatic carbocycles. The number of amides is 1.